The van der Waals surface area contributed by atoms with Gasteiger partial charge in [0.05, 0.1) is 6.54 Å². The molecule has 0 saturated heterocycles. The molecule has 0 aromatic carbocycles. The van der Waals surface area contributed by atoms with Crippen LogP contribution in [0.5, 0.6) is 0 Å². The average molecular weight is 239 g/mol. The lowest BCUT2D eigenvalue weighted by Gasteiger charge is -1.97. The molecule has 84 valence electrons. The molecule has 0 saturated carbocycles. The van der Waals surface area contributed by atoms with Crippen molar-refractivity contribution in [3.63, 3.8) is 0 Å². The van der Waals surface area contributed by atoms with E-state index in [-0.39, 0.29) is 5.76 Å². The average Bonchev–Trinajstić information content (AvgIpc) is 2.83. The molecule has 0 spiro atoms. The first kappa shape index (κ1) is 10.6. The molecule has 2 rings (SSSR count). The first-order chi connectivity index (χ1) is 7.65. The van der Waals surface area contributed by atoms with Crippen molar-refractivity contribution in [2.24, 2.45) is 0 Å². The van der Waals surface area contributed by atoms with E-state index in [1.807, 2.05) is 0 Å². The molecule has 6 nitrogen and oxygen atoms in total. The lowest BCUT2D eigenvalue weighted by atomic mass is 10.4. The van der Waals surface area contributed by atoms with Crippen LogP contribution in [0.1, 0.15) is 22.1 Å². The number of carboxylic acid groups (broad SMARTS) is 1. The Balaban J connectivity index is 1.97. The molecule has 7 heteroatoms. The highest BCUT2D eigenvalue weighted by Gasteiger charge is 2.09. The van der Waals surface area contributed by atoms with Crippen molar-refractivity contribution in [2.45, 2.75) is 13.5 Å². The van der Waals surface area contributed by atoms with Crippen LogP contribution in [0.4, 0.5) is 5.13 Å². The molecular weight excluding hydrogens is 230 g/mol. The third kappa shape index (κ3) is 2.37. The number of anilines is 1. The molecule has 0 unspecified atom stereocenters. The molecule has 2 aromatic rings. The van der Waals surface area contributed by atoms with Crippen molar-refractivity contribution in [2.75, 3.05) is 5.32 Å². The zero-order valence-corrected chi connectivity index (χ0v) is 9.24. The zero-order chi connectivity index (χ0) is 11.5. The number of nitrogens with zero attached hydrogens (tertiary/aromatic N) is 2. The summed E-state index contributed by atoms with van der Waals surface area (Å²) in [5.74, 6) is 0.117. The van der Waals surface area contributed by atoms with Gasteiger partial charge in [0.1, 0.15) is 11.6 Å². The minimum absolute atomic E-state index is 0.0646. The lowest BCUT2D eigenvalue weighted by Crippen LogP contribution is -1.98. The van der Waals surface area contributed by atoms with Gasteiger partial charge in [0.15, 0.2) is 0 Å². The SMILES string of the molecule is Cc1nsc(NCc2ccc(C(=O)O)o2)n1. The van der Waals surface area contributed by atoms with Crippen LogP contribution in [0.25, 0.3) is 0 Å². The Bertz CT molecular complexity index is 506. The number of aromatic carboxylic acids is 1. The number of hydrogen-bond acceptors (Lipinski definition) is 6. The molecule has 2 heterocycles. The minimum atomic E-state index is -1.07. The van der Waals surface area contributed by atoms with Gasteiger partial charge in [0.25, 0.3) is 0 Å². The first-order valence-corrected chi connectivity index (χ1v) is 5.28. The Morgan fingerprint density at radius 3 is 3.00 bits per heavy atom. The summed E-state index contributed by atoms with van der Waals surface area (Å²) in [6, 6.07) is 3.04. The second-order valence-electron chi connectivity index (χ2n) is 3.07. The van der Waals surface area contributed by atoms with Crippen molar-refractivity contribution in [1.82, 2.24) is 9.36 Å². The number of hydrogen-bond donors (Lipinski definition) is 2. The number of rotatable bonds is 4. The smallest absolute Gasteiger partial charge is 0.371 e. The monoisotopic (exact) mass is 239 g/mol. The van der Waals surface area contributed by atoms with E-state index in [0.717, 1.165) is 0 Å². The van der Waals surface area contributed by atoms with Crippen molar-refractivity contribution < 1.29 is 14.3 Å². The van der Waals surface area contributed by atoms with Gasteiger partial charge in [-0.2, -0.15) is 4.37 Å². The molecule has 0 aliphatic rings. The largest absolute Gasteiger partial charge is 0.475 e. The van der Waals surface area contributed by atoms with Crippen molar-refractivity contribution in [3.8, 4) is 0 Å². The van der Waals surface area contributed by atoms with Crippen LogP contribution in [0.3, 0.4) is 0 Å². The van der Waals surface area contributed by atoms with Gasteiger partial charge < -0.3 is 14.8 Å². The molecule has 0 aliphatic heterocycles. The highest BCUT2D eigenvalue weighted by Crippen LogP contribution is 2.13. The van der Waals surface area contributed by atoms with E-state index in [1.54, 1.807) is 13.0 Å². The van der Waals surface area contributed by atoms with Crippen LogP contribution in [0, 0.1) is 6.92 Å². The fourth-order valence-electron chi connectivity index (χ4n) is 1.12. The second-order valence-corrected chi connectivity index (χ2v) is 3.82. The number of aryl methyl sites for hydroxylation is 1. The number of aromatic nitrogens is 2. The topological polar surface area (TPSA) is 88.2 Å². The van der Waals surface area contributed by atoms with Crippen LogP contribution >= 0.6 is 11.5 Å². The Morgan fingerprint density at radius 2 is 2.44 bits per heavy atom. The molecule has 2 aromatic heterocycles. The molecule has 0 amide bonds. The molecule has 0 radical (unpaired) electrons. The highest BCUT2D eigenvalue weighted by molar-refractivity contribution is 7.09. The van der Waals surface area contributed by atoms with E-state index in [9.17, 15) is 4.79 Å². The quantitative estimate of drug-likeness (QED) is 0.845. The van der Waals surface area contributed by atoms with Crippen LogP contribution < -0.4 is 5.32 Å². The molecule has 16 heavy (non-hydrogen) atoms. The van der Waals surface area contributed by atoms with Gasteiger partial charge in [-0.3, -0.25) is 0 Å². The fraction of sp³-hybridized carbons (Fsp3) is 0.222. The summed E-state index contributed by atoms with van der Waals surface area (Å²) >= 11 is 1.25. The summed E-state index contributed by atoms with van der Waals surface area (Å²) in [5.41, 5.74) is 0. The third-order valence-corrected chi connectivity index (χ3v) is 2.58. The molecular formula is C9H9N3O3S. The fourth-order valence-corrected chi connectivity index (χ4v) is 1.69. The summed E-state index contributed by atoms with van der Waals surface area (Å²) < 4.78 is 9.07. The normalized spacial score (nSPS) is 10.3. The van der Waals surface area contributed by atoms with Crippen LogP contribution in [-0.2, 0) is 6.54 Å². The van der Waals surface area contributed by atoms with E-state index in [2.05, 4.69) is 14.7 Å². The number of furan rings is 1. The van der Waals surface area contributed by atoms with Crippen molar-refractivity contribution in [3.05, 3.63) is 29.5 Å². The van der Waals surface area contributed by atoms with Gasteiger partial charge in [0, 0.05) is 11.5 Å². The highest BCUT2D eigenvalue weighted by atomic mass is 32.1. The predicted molar refractivity (Wildman–Crippen MR) is 57.6 cm³/mol. The Labute approximate surface area is 95.1 Å². The summed E-state index contributed by atoms with van der Waals surface area (Å²) in [6.45, 7) is 2.19. The summed E-state index contributed by atoms with van der Waals surface area (Å²) in [5, 5.41) is 12.3. The van der Waals surface area contributed by atoms with Crippen molar-refractivity contribution >= 4 is 22.6 Å². The van der Waals surface area contributed by atoms with Crippen LogP contribution in [-0.4, -0.2) is 20.4 Å². The van der Waals surface area contributed by atoms with Crippen LogP contribution in [0.15, 0.2) is 16.5 Å². The molecule has 0 bridgehead atoms. The van der Waals surface area contributed by atoms with Gasteiger partial charge in [-0.25, -0.2) is 9.78 Å². The maximum Gasteiger partial charge on any atom is 0.371 e. The minimum Gasteiger partial charge on any atom is -0.475 e. The maximum atomic E-state index is 10.6. The number of carbonyl (C=O) groups is 1. The van der Waals surface area contributed by atoms with E-state index in [4.69, 9.17) is 9.52 Å². The molecule has 0 fully saturated rings. The molecule has 0 aliphatic carbocycles. The summed E-state index contributed by atoms with van der Waals surface area (Å²) in [4.78, 5) is 14.7. The Morgan fingerprint density at radius 1 is 1.62 bits per heavy atom. The summed E-state index contributed by atoms with van der Waals surface area (Å²) in [7, 11) is 0. The van der Waals surface area contributed by atoms with Gasteiger partial charge in [-0.05, 0) is 19.1 Å². The van der Waals surface area contributed by atoms with Gasteiger partial charge in [-0.1, -0.05) is 0 Å². The number of nitrogens with one attached hydrogen (secondary N) is 1. The van der Waals surface area contributed by atoms with Crippen molar-refractivity contribution in [1.29, 1.82) is 0 Å². The van der Waals surface area contributed by atoms with E-state index in [1.165, 1.54) is 17.6 Å². The third-order valence-electron chi connectivity index (χ3n) is 1.81. The Hall–Kier alpha value is -1.89. The van der Waals surface area contributed by atoms with Crippen LogP contribution in [0.2, 0.25) is 0 Å². The lowest BCUT2D eigenvalue weighted by molar-refractivity contribution is 0.0660. The molecule has 2 N–H and O–H groups in total. The zero-order valence-electron chi connectivity index (χ0n) is 8.43. The predicted octanol–water partition coefficient (Wildman–Crippen LogP) is 1.75. The summed E-state index contributed by atoms with van der Waals surface area (Å²) in [6.07, 6.45) is 0. The van der Waals surface area contributed by atoms with Gasteiger partial charge in [-0.15, -0.1) is 0 Å². The van der Waals surface area contributed by atoms with E-state index in [0.29, 0.717) is 23.3 Å². The maximum absolute atomic E-state index is 10.6. The standard InChI is InChI=1S/C9H9N3O3S/c1-5-11-9(16-12-5)10-4-6-2-3-7(15-6)8(13)14/h2-3H,4H2,1H3,(H,13,14)(H,10,11,12). The van der Waals surface area contributed by atoms with Gasteiger partial charge in [0.2, 0.25) is 10.9 Å². The number of carboxylic acids is 1. The van der Waals surface area contributed by atoms with E-state index >= 15 is 0 Å². The van der Waals surface area contributed by atoms with E-state index < -0.39 is 5.97 Å². The van der Waals surface area contributed by atoms with Gasteiger partial charge >= 0.3 is 5.97 Å². The first-order valence-electron chi connectivity index (χ1n) is 4.51. The Kier molecular flexibility index (Phi) is 2.86. The molecule has 0 atom stereocenters. The second kappa shape index (κ2) is 4.31.